The van der Waals surface area contributed by atoms with Gasteiger partial charge in [0.25, 0.3) is 5.91 Å². The molecule has 3 nitrogen and oxygen atoms in total. The van der Waals surface area contributed by atoms with Crippen molar-refractivity contribution < 1.29 is 9.53 Å². The first-order valence-corrected chi connectivity index (χ1v) is 7.22. The topological polar surface area (TPSA) is 38.3 Å². The largest absolute Gasteiger partial charge is 0.481 e. The normalized spacial score (nSPS) is 9.55. The van der Waals surface area contributed by atoms with Crippen LogP contribution < -0.4 is 10.1 Å². The van der Waals surface area contributed by atoms with Gasteiger partial charge >= 0.3 is 0 Å². The third kappa shape index (κ3) is 4.83. The lowest BCUT2D eigenvalue weighted by Crippen LogP contribution is -2.23. The first-order valence-electron chi connectivity index (χ1n) is 6.85. The fourth-order valence-electron chi connectivity index (χ4n) is 1.80. The van der Waals surface area contributed by atoms with Crippen LogP contribution in [0.15, 0.2) is 48.5 Å². The van der Waals surface area contributed by atoms with Crippen molar-refractivity contribution in [1.29, 1.82) is 0 Å². The van der Waals surface area contributed by atoms with Gasteiger partial charge in [0.15, 0.2) is 0 Å². The van der Waals surface area contributed by atoms with Gasteiger partial charge in [0.1, 0.15) is 12.4 Å². The van der Waals surface area contributed by atoms with Crippen molar-refractivity contribution in [3.05, 3.63) is 64.7 Å². The number of benzene rings is 2. The zero-order valence-electron chi connectivity index (χ0n) is 12.2. The van der Waals surface area contributed by atoms with E-state index >= 15 is 0 Å². The Morgan fingerprint density at radius 2 is 2.00 bits per heavy atom. The van der Waals surface area contributed by atoms with Crippen LogP contribution in [-0.4, -0.2) is 19.1 Å². The van der Waals surface area contributed by atoms with Crippen LogP contribution in [0.1, 0.15) is 15.9 Å². The minimum absolute atomic E-state index is 0.198. The third-order valence-corrected chi connectivity index (χ3v) is 3.18. The van der Waals surface area contributed by atoms with Gasteiger partial charge < -0.3 is 10.1 Å². The predicted octanol–water partition coefficient (Wildman–Crippen LogP) is 3.46. The van der Waals surface area contributed by atoms with Crippen LogP contribution in [0.25, 0.3) is 0 Å². The van der Waals surface area contributed by atoms with Crippen LogP contribution in [0.5, 0.6) is 5.75 Å². The van der Waals surface area contributed by atoms with Gasteiger partial charge in [-0.2, -0.15) is 0 Å². The molecule has 0 atom stereocenters. The quantitative estimate of drug-likeness (QED) is 0.878. The molecular formula is C18H16ClNO2. The zero-order chi connectivity index (χ0) is 15.8. The number of amides is 1. The molecule has 1 amide bonds. The van der Waals surface area contributed by atoms with Crippen LogP contribution in [0.2, 0.25) is 5.02 Å². The predicted molar refractivity (Wildman–Crippen MR) is 88.2 cm³/mol. The maximum Gasteiger partial charge on any atom is 0.252 e. The monoisotopic (exact) mass is 313 g/mol. The summed E-state index contributed by atoms with van der Waals surface area (Å²) in [4.78, 5) is 11.8. The second kappa shape index (κ2) is 8.11. The molecule has 0 fully saturated rings. The Morgan fingerprint density at radius 3 is 2.77 bits per heavy atom. The van der Waals surface area contributed by atoms with Gasteiger partial charge in [0, 0.05) is 10.6 Å². The number of nitrogens with one attached hydrogen (secondary N) is 1. The number of carbonyl (C=O) groups excluding carboxylic acids is 1. The highest BCUT2D eigenvalue weighted by Gasteiger charge is 2.03. The van der Waals surface area contributed by atoms with Gasteiger partial charge in [-0.3, -0.25) is 4.79 Å². The number of hydrogen-bond donors (Lipinski definition) is 1. The van der Waals surface area contributed by atoms with E-state index in [1.807, 2.05) is 31.2 Å². The van der Waals surface area contributed by atoms with E-state index in [2.05, 4.69) is 17.2 Å². The Bertz CT molecular complexity index is 716. The number of carbonyl (C=O) groups is 1. The number of hydrogen-bond acceptors (Lipinski definition) is 2. The van der Waals surface area contributed by atoms with Crippen molar-refractivity contribution in [2.75, 3.05) is 13.2 Å². The highest BCUT2D eigenvalue weighted by Crippen LogP contribution is 2.15. The molecule has 112 valence electrons. The molecule has 0 aliphatic carbocycles. The molecule has 0 heterocycles. The summed E-state index contributed by atoms with van der Waals surface area (Å²) in [5.41, 5.74) is 1.59. The molecule has 0 unspecified atom stereocenters. The van der Waals surface area contributed by atoms with Crippen molar-refractivity contribution in [2.24, 2.45) is 0 Å². The SMILES string of the molecule is Cc1ccccc1OCC#CCNC(=O)c1cccc(Cl)c1. The maximum atomic E-state index is 11.8. The second-order valence-electron chi connectivity index (χ2n) is 4.60. The Labute approximate surface area is 135 Å². The van der Waals surface area contributed by atoms with Crippen molar-refractivity contribution in [2.45, 2.75) is 6.92 Å². The van der Waals surface area contributed by atoms with E-state index < -0.39 is 0 Å². The fraction of sp³-hybridized carbons (Fsp3) is 0.167. The van der Waals surface area contributed by atoms with Gasteiger partial charge in [-0.25, -0.2) is 0 Å². The van der Waals surface area contributed by atoms with E-state index in [0.29, 0.717) is 10.6 Å². The molecule has 2 aromatic rings. The lowest BCUT2D eigenvalue weighted by atomic mass is 10.2. The van der Waals surface area contributed by atoms with Crippen LogP contribution in [0, 0.1) is 18.8 Å². The van der Waals surface area contributed by atoms with Gasteiger partial charge in [-0.1, -0.05) is 47.7 Å². The molecule has 0 spiro atoms. The standard InChI is InChI=1S/C18H16ClNO2/c1-14-7-2-3-10-17(14)22-12-5-4-11-20-18(21)15-8-6-9-16(19)13-15/h2-3,6-10,13H,11-12H2,1H3,(H,20,21). The summed E-state index contributed by atoms with van der Waals surface area (Å²) < 4.78 is 5.54. The Morgan fingerprint density at radius 1 is 1.18 bits per heavy atom. The van der Waals surface area contributed by atoms with E-state index in [4.69, 9.17) is 16.3 Å². The molecule has 1 N–H and O–H groups in total. The average Bonchev–Trinajstić information content (AvgIpc) is 2.52. The number of rotatable bonds is 4. The van der Waals surface area contributed by atoms with Crippen LogP contribution in [-0.2, 0) is 0 Å². The van der Waals surface area contributed by atoms with Crippen molar-refractivity contribution >= 4 is 17.5 Å². The van der Waals surface area contributed by atoms with Crippen LogP contribution in [0.3, 0.4) is 0 Å². The van der Waals surface area contributed by atoms with Crippen LogP contribution >= 0.6 is 11.6 Å². The van der Waals surface area contributed by atoms with E-state index in [0.717, 1.165) is 11.3 Å². The Kier molecular flexibility index (Phi) is 5.88. The Hall–Kier alpha value is -2.44. The lowest BCUT2D eigenvalue weighted by Gasteiger charge is -2.04. The third-order valence-electron chi connectivity index (χ3n) is 2.94. The molecule has 0 saturated carbocycles. The summed E-state index contributed by atoms with van der Waals surface area (Å²) >= 11 is 5.84. The van der Waals surface area contributed by atoms with E-state index in [1.54, 1.807) is 24.3 Å². The van der Waals surface area contributed by atoms with Gasteiger partial charge in [-0.05, 0) is 36.8 Å². The van der Waals surface area contributed by atoms with E-state index in [1.165, 1.54) is 0 Å². The average molecular weight is 314 g/mol. The molecule has 0 bridgehead atoms. The smallest absolute Gasteiger partial charge is 0.252 e. The Balaban J connectivity index is 1.75. The minimum atomic E-state index is -0.198. The number of halogens is 1. The summed E-state index contributed by atoms with van der Waals surface area (Å²) in [7, 11) is 0. The molecule has 0 aromatic heterocycles. The van der Waals surface area contributed by atoms with Crippen molar-refractivity contribution in [1.82, 2.24) is 5.32 Å². The number of para-hydroxylation sites is 1. The van der Waals surface area contributed by atoms with Gasteiger partial charge in [0.2, 0.25) is 0 Å². The summed E-state index contributed by atoms with van der Waals surface area (Å²) in [6, 6.07) is 14.5. The van der Waals surface area contributed by atoms with E-state index in [9.17, 15) is 4.79 Å². The first-order chi connectivity index (χ1) is 10.7. The summed E-state index contributed by atoms with van der Waals surface area (Å²) in [5, 5.41) is 3.24. The molecule has 4 heteroatoms. The molecule has 22 heavy (non-hydrogen) atoms. The summed E-state index contributed by atoms with van der Waals surface area (Å²) in [6.45, 7) is 2.54. The van der Waals surface area contributed by atoms with Gasteiger partial charge in [0.05, 0.1) is 6.54 Å². The van der Waals surface area contributed by atoms with Crippen molar-refractivity contribution in [3.63, 3.8) is 0 Å². The molecule has 0 saturated heterocycles. The molecule has 0 aliphatic rings. The molecular weight excluding hydrogens is 298 g/mol. The van der Waals surface area contributed by atoms with Crippen LogP contribution in [0.4, 0.5) is 0 Å². The summed E-state index contributed by atoms with van der Waals surface area (Å²) in [6.07, 6.45) is 0. The molecule has 2 aromatic carbocycles. The second-order valence-corrected chi connectivity index (χ2v) is 5.04. The highest BCUT2D eigenvalue weighted by atomic mass is 35.5. The van der Waals surface area contributed by atoms with Crippen molar-refractivity contribution in [3.8, 4) is 17.6 Å². The molecule has 0 aliphatic heterocycles. The zero-order valence-corrected chi connectivity index (χ0v) is 13.0. The number of ether oxygens (including phenoxy) is 1. The minimum Gasteiger partial charge on any atom is -0.481 e. The molecule has 2 rings (SSSR count). The summed E-state index contributed by atoms with van der Waals surface area (Å²) in [5.74, 6) is 6.34. The maximum absolute atomic E-state index is 11.8. The molecule has 0 radical (unpaired) electrons. The van der Waals surface area contributed by atoms with E-state index in [-0.39, 0.29) is 19.1 Å². The highest BCUT2D eigenvalue weighted by molar-refractivity contribution is 6.30. The lowest BCUT2D eigenvalue weighted by molar-refractivity contribution is 0.0958. The fourth-order valence-corrected chi connectivity index (χ4v) is 1.99. The first kappa shape index (κ1) is 15.9. The van der Waals surface area contributed by atoms with Gasteiger partial charge in [-0.15, -0.1) is 0 Å². The number of aryl methyl sites for hydroxylation is 1.